The first-order chi connectivity index (χ1) is 7.68. The van der Waals surface area contributed by atoms with E-state index in [1.165, 1.54) is 37.3 Å². The number of carbonyl (C=O) groups excluding carboxylic acids is 1. The molecule has 2 fully saturated rings. The molecule has 4 heteroatoms. The maximum atomic E-state index is 11.6. The number of rotatable bonds is 1. The molecule has 1 amide bonds. The van der Waals surface area contributed by atoms with Crippen LogP contribution in [0.5, 0.6) is 0 Å². The molecular formula is C12H22N2O2. The maximum Gasteiger partial charge on any atom is 0.409 e. The number of hydrogen-bond acceptors (Lipinski definition) is 3. The van der Waals surface area contributed by atoms with E-state index in [0.717, 1.165) is 12.8 Å². The van der Waals surface area contributed by atoms with E-state index < -0.39 is 0 Å². The van der Waals surface area contributed by atoms with Crippen molar-refractivity contribution >= 4 is 6.09 Å². The molecule has 16 heavy (non-hydrogen) atoms. The fourth-order valence-corrected chi connectivity index (χ4v) is 2.78. The molecule has 0 aromatic rings. The summed E-state index contributed by atoms with van der Waals surface area (Å²) in [6, 6.07) is 0.478. The van der Waals surface area contributed by atoms with Crippen LogP contribution in [0.25, 0.3) is 0 Å². The Bertz CT molecular complexity index is 253. The van der Waals surface area contributed by atoms with Gasteiger partial charge in [-0.05, 0) is 38.8 Å². The van der Waals surface area contributed by atoms with E-state index in [4.69, 9.17) is 4.74 Å². The average Bonchev–Trinajstić information content (AvgIpc) is 2.29. The summed E-state index contributed by atoms with van der Waals surface area (Å²) in [6.45, 7) is 2.36. The van der Waals surface area contributed by atoms with Gasteiger partial charge in [0.05, 0.1) is 0 Å². The van der Waals surface area contributed by atoms with Crippen molar-refractivity contribution in [3.05, 3.63) is 0 Å². The molecule has 2 heterocycles. The van der Waals surface area contributed by atoms with Crippen LogP contribution in [-0.2, 0) is 4.74 Å². The second-order valence-corrected chi connectivity index (χ2v) is 5.06. The first-order valence-electron chi connectivity index (χ1n) is 6.30. The van der Waals surface area contributed by atoms with Crippen LogP contribution in [0.3, 0.4) is 0 Å². The van der Waals surface area contributed by atoms with E-state index in [1.807, 2.05) is 0 Å². The minimum Gasteiger partial charge on any atom is -0.444 e. The molecule has 0 radical (unpaired) electrons. The summed E-state index contributed by atoms with van der Waals surface area (Å²) in [5.41, 5.74) is 0. The quantitative estimate of drug-likeness (QED) is 0.682. The Morgan fingerprint density at radius 3 is 2.69 bits per heavy atom. The van der Waals surface area contributed by atoms with Crippen LogP contribution >= 0.6 is 0 Å². The average molecular weight is 226 g/mol. The van der Waals surface area contributed by atoms with Crippen molar-refractivity contribution < 1.29 is 9.53 Å². The van der Waals surface area contributed by atoms with Crippen LogP contribution in [0.2, 0.25) is 0 Å². The lowest BCUT2D eigenvalue weighted by atomic mass is 9.91. The minimum atomic E-state index is -0.197. The van der Waals surface area contributed by atoms with Crippen molar-refractivity contribution in [2.45, 2.75) is 44.2 Å². The molecule has 4 nitrogen and oxygen atoms in total. The molecule has 2 aliphatic rings. The van der Waals surface area contributed by atoms with Gasteiger partial charge in [0.2, 0.25) is 0 Å². The van der Waals surface area contributed by atoms with Gasteiger partial charge in [0.1, 0.15) is 6.10 Å². The lowest BCUT2D eigenvalue weighted by Crippen LogP contribution is -2.52. The first-order valence-corrected chi connectivity index (χ1v) is 6.30. The Morgan fingerprint density at radius 1 is 1.19 bits per heavy atom. The van der Waals surface area contributed by atoms with E-state index in [9.17, 15) is 4.79 Å². The molecule has 2 saturated heterocycles. The van der Waals surface area contributed by atoms with Crippen LogP contribution in [0.1, 0.15) is 32.1 Å². The van der Waals surface area contributed by atoms with Gasteiger partial charge in [0, 0.05) is 20.1 Å². The molecule has 0 aromatic carbocycles. The van der Waals surface area contributed by atoms with E-state index in [-0.39, 0.29) is 12.2 Å². The molecule has 0 bridgehead atoms. The third kappa shape index (κ3) is 2.48. The number of carbonyl (C=O) groups is 1. The monoisotopic (exact) mass is 226 g/mol. The molecule has 0 spiro atoms. The van der Waals surface area contributed by atoms with Gasteiger partial charge >= 0.3 is 6.09 Å². The van der Waals surface area contributed by atoms with Crippen LogP contribution in [0, 0.1) is 0 Å². The second-order valence-electron chi connectivity index (χ2n) is 5.06. The molecule has 2 atom stereocenters. The highest BCUT2D eigenvalue weighted by Crippen LogP contribution is 2.28. The topological polar surface area (TPSA) is 32.8 Å². The Balaban J connectivity index is 1.94. The second kappa shape index (κ2) is 5.04. The number of ether oxygens (including phenoxy) is 1. The number of amides is 1. The summed E-state index contributed by atoms with van der Waals surface area (Å²) < 4.78 is 5.57. The Hall–Kier alpha value is -0.770. The summed E-state index contributed by atoms with van der Waals surface area (Å²) >= 11 is 0. The largest absolute Gasteiger partial charge is 0.444 e. The molecule has 0 aliphatic carbocycles. The van der Waals surface area contributed by atoms with Crippen molar-refractivity contribution in [1.82, 2.24) is 9.80 Å². The van der Waals surface area contributed by atoms with E-state index in [2.05, 4.69) is 4.90 Å². The van der Waals surface area contributed by atoms with Gasteiger partial charge in [-0.3, -0.25) is 4.90 Å². The zero-order valence-electron chi connectivity index (χ0n) is 10.3. The SMILES string of the molecule is CN(C)C(=O)O[C@@H]1CCCN2CCCC[C@H]12. The predicted molar refractivity (Wildman–Crippen MR) is 62.4 cm³/mol. The molecular weight excluding hydrogens is 204 g/mol. The molecule has 0 saturated carbocycles. The third-order valence-electron chi connectivity index (χ3n) is 3.64. The van der Waals surface area contributed by atoms with Crippen LogP contribution in [0.15, 0.2) is 0 Å². The zero-order valence-corrected chi connectivity index (χ0v) is 10.3. The highest BCUT2D eigenvalue weighted by Gasteiger charge is 2.35. The van der Waals surface area contributed by atoms with Crippen molar-refractivity contribution in [3.8, 4) is 0 Å². The summed E-state index contributed by atoms with van der Waals surface area (Å²) in [5, 5.41) is 0. The van der Waals surface area contributed by atoms with Gasteiger partial charge in [-0.1, -0.05) is 6.42 Å². The van der Waals surface area contributed by atoms with E-state index >= 15 is 0 Å². The molecule has 0 N–H and O–H groups in total. The number of fused-ring (bicyclic) bond motifs is 1. The highest BCUT2D eigenvalue weighted by molar-refractivity contribution is 5.67. The van der Waals surface area contributed by atoms with Crippen LogP contribution in [0.4, 0.5) is 4.79 Å². The van der Waals surface area contributed by atoms with Gasteiger partial charge < -0.3 is 9.64 Å². The number of nitrogens with zero attached hydrogens (tertiary/aromatic N) is 2. The Labute approximate surface area is 97.5 Å². The Morgan fingerprint density at radius 2 is 1.94 bits per heavy atom. The predicted octanol–water partition coefficient (Wildman–Crippen LogP) is 1.70. The molecule has 2 aliphatic heterocycles. The summed E-state index contributed by atoms with van der Waals surface area (Å²) in [7, 11) is 3.48. The fraction of sp³-hybridized carbons (Fsp3) is 0.917. The van der Waals surface area contributed by atoms with Gasteiger partial charge in [-0.2, -0.15) is 0 Å². The number of piperidine rings is 2. The van der Waals surface area contributed by atoms with E-state index in [0.29, 0.717) is 6.04 Å². The Kier molecular flexibility index (Phi) is 3.69. The zero-order chi connectivity index (χ0) is 11.5. The van der Waals surface area contributed by atoms with Gasteiger partial charge in [-0.15, -0.1) is 0 Å². The van der Waals surface area contributed by atoms with Crippen molar-refractivity contribution in [2.75, 3.05) is 27.2 Å². The fourth-order valence-electron chi connectivity index (χ4n) is 2.78. The normalized spacial score (nSPS) is 30.6. The summed E-state index contributed by atoms with van der Waals surface area (Å²) in [5.74, 6) is 0. The first kappa shape index (κ1) is 11.7. The van der Waals surface area contributed by atoms with Crippen molar-refractivity contribution in [3.63, 3.8) is 0 Å². The van der Waals surface area contributed by atoms with Gasteiger partial charge in [0.25, 0.3) is 0 Å². The third-order valence-corrected chi connectivity index (χ3v) is 3.64. The lowest BCUT2D eigenvalue weighted by molar-refractivity contribution is -0.0275. The molecule has 92 valence electrons. The van der Waals surface area contributed by atoms with Crippen LogP contribution < -0.4 is 0 Å². The van der Waals surface area contributed by atoms with Crippen LogP contribution in [-0.4, -0.2) is 55.2 Å². The maximum absolute atomic E-state index is 11.6. The van der Waals surface area contributed by atoms with Crippen molar-refractivity contribution in [1.29, 1.82) is 0 Å². The van der Waals surface area contributed by atoms with Gasteiger partial charge in [-0.25, -0.2) is 4.79 Å². The van der Waals surface area contributed by atoms with Crippen molar-refractivity contribution in [2.24, 2.45) is 0 Å². The highest BCUT2D eigenvalue weighted by atomic mass is 16.6. The minimum absolute atomic E-state index is 0.115. The molecule has 0 aromatic heterocycles. The molecule has 0 unspecified atom stereocenters. The number of hydrogen-bond donors (Lipinski definition) is 0. The smallest absolute Gasteiger partial charge is 0.409 e. The lowest BCUT2D eigenvalue weighted by Gasteiger charge is -2.43. The molecule has 2 rings (SSSR count). The summed E-state index contributed by atoms with van der Waals surface area (Å²) in [4.78, 5) is 15.6. The van der Waals surface area contributed by atoms with E-state index in [1.54, 1.807) is 14.1 Å². The standard InChI is InChI=1S/C12H22N2O2/c1-13(2)12(15)16-11-7-5-9-14-8-4-3-6-10(11)14/h10-11H,3-9H2,1-2H3/t10-,11-/m1/s1. The van der Waals surface area contributed by atoms with Gasteiger partial charge in [0.15, 0.2) is 0 Å². The summed E-state index contributed by atoms with van der Waals surface area (Å²) in [6.07, 6.45) is 5.86.